The molecule has 2 amide bonds. The maximum Gasteiger partial charge on any atom is 0.410 e. The van der Waals surface area contributed by atoms with Crippen LogP contribution < -0.4 is 0 Å². The lowest BCUT2D eigenvalue weighted by Crippen LogP contribution is -2.62. The number of hydrogen-bond donors (Lipinski definition) is 0. The number of amides is 2. The quantitative estimate of drug-likeness (QED) is 0.706. The Hall–Kier alpha value is -2.20. The molecule has 2 saturated heterocycles. The van der Waals surface area contributed by atoms with Gasteiger partial charge in [0.2, 0.25) is 15.9 Å². The number of carbonyl (C=O) groups is 2. The monoisotopic (exact) mass is 424 g/mol. The van der Waals surface area contributed by atoms with Gasteiger partial charge in [-0.25, -0.2) is 13.2 Å². The Kier molecular flexibility index (Phi) is 6.13. The lowest BCUT2D eigenvalue weighted by Gasteiger charge is -2.42. The van der Waals surface area contributed by atoms with Gasteiger partial charge in [0.1, 0.15) is 10.9 Å². The highest BCUT2D eigenvalue weighted by atomic mass is 32.2. The van der Waals surface area contributed by atoms with Crippen molar-refractivity contribution in [1.82, 2.24) is 19.1 Å². The molecule has 2 fully saturated rings. The molecule has 1 aromatic rings. The zero-order chi connectivity index (χ0) is 21.2. The van der Waals surface area contributed by atoms with E-state index in [1.807, 2.05) is 6.07 Å². The lowest BCUT2D eigenvalue weighted by atomic mass is 10.1. The van der Waals surface area contributed by atoms with E-state index in [0.29, 0.717) is 13.1 Å². The van der Waals surface area contributed by atoms with Crippen LogP contribution in [0, 0.1) is 0 Å². The Morgan fingerprint density at radius 2 is 1.79 bits per heavy atom. The molecule has 0 aromatic carbocycles. The summed E-state index contributed by atoms with van der Waals surface area (Å²) in [6.45, 7) is 6.86. The van der Waals surface area contributed by atoms with Gasteiger partial charge in [0.15, 0.2) is 0 Å². The number of pyridine rings is 1. The minimum absolute atomic E-state index is 0.0980. The Balaban J connectivity index is 1.48. The number of nitrogens with zero attached hydrogens (tertiary/aromatic N) is 4. The van der Waals surface area contributed by atoms with E-state index in [-0.39, 0.29) is 38.5 Å². The Bertz CT molecular complexity index is 839. The first-order chi connectivity index (χ1) is 13.6. The third-order valence-electron chi connectivity index (χ3n) is 4.95. The van der Waals surface area contributed by atoms with E-state index >= 15 is 0 Å². The summed E-state index contributed by atoms with van der Waals surface area (Å²) >= 11 is 0. The summed E-state index contributed by atoms with van der Waals surface area (Å²) < 4.78 is 32.4. The van der Waals surface area contributed by atoms with Gasteiger partial charge in [0.25, 0.3) is 0 Å². The molecular formula is C19H28N4O5S. The van der Waals surface area contributed by atoms with Crippen molar-refractivity contribution >= 4 is 22.0 Å². The van der Waals surface area contributed by atoms with Gasteiger partial charge in [0.05, 0.1) is 6.42 Å². The average molecular weight is 425 g/mol. The zero-order valence-electron chi connectivity index (χ0n) is 17.1. The fourth-order valence-electron chi connectivity index (χ4n) is 3.28. The van der Waals surface area contributed by atoms with Crippen molar-refractivity contribution in [2.45, 2.75) is 38.0 Å². The summed E-state index contributed by atoms with van der Waals surface area (Å²) in [5.74, 6) is -0.0980. The fraction of sp³-hybridized carbons (Fsp3) is 0.632. The summed E-state index contributed by atoms with van der Waals surface area (Å²) in [7, 11) is -3.50. The van der Waals surface area contributed by atoms with E-state index in [1.165, 1.54) is 9.21 Å². The predicted octanol–water partition coefficient (Wildman–Crippen LogP) is 0.717. The molecule has 160 valence electrons. The van der Waals surface area contributed by atoms with Gasteiger partial charge in [-0.05, 0) is 32.4 Å². The normalized spacial score (nSPS) is 19.0. The van der Waals surface area contributed by atoms with Crippen LogP contribution in [-0.4, -0.2) is 89.6 Å². The molecule has 2 aliphatic heterocycles. The average Bonchev–Trinajstić information content (AvgIpc) is 2.59. The van der Waals surface area contributed by atoms with E-state index in [9.17, 15) is 18.0 Å². The van der Waals surface area contributed by atoms with E-state index in [0.717, 1.165) is 5.56 Å². The standard InChI is InChI=1S/C19H28N4O5S/c1-19(2,3)28-18(25)21-7-9-23(10-8-21)29(26,27)16-13-22(14-16)17(24)11-15-5-4-6-20-12-15/h4-6,12,16H,7-11,13-14H2,1-3H3. The third kappa shape index (κ3) is 5.24. The van der Waals surface area contributed by atoms with Gasteiger partial charge in [-0.15, -0.1) is 0 Å². The number of piperazine rings is 1. The fourth-order valence-corrected chi connectivity index (χ4v) is 5.11. The van der Waals surface area contributed by atoms with Crippen molar-refractivity contribution < 1.29 is 22.7 Å². The summed E-state index contributed by atoms with van der Waals surface area (Å²) in [6.07, 6.45) is 3.07. The highest BCUT2D eigenvalue weighted by Crippen LogP contribution is 2.22. The topological polar surface area (TPSA) is 100 Å². The molecular weight excluding hydrogens is 396 g/mol. The highest BCUT2D eigenvalue weighted by molar-refractivity contribution is 7.89. The Morgan fingerprint density at radius 1 is 1.14 bits per heavy atom. The van der Waals surface area contributed by atoms with Crippen LogP contribution in [0.15, 0.2) is 24.5 Å². The van der Waals surface area contributed by atoms with Crippen molar-refractivity contribution in [3.05, 3.63) is 30.1 Å². The van der Waals surface area contributed by atoms with E-state index in [2.05, 4.69) is 4.98 Å². The van der Waals surface area contributed by atoms with Crippen LogP contribution >= 0.6 is 0 Å². The maximum atomic E-state index is 12.8. The first-order valence-corrected chi connectivity index (χ1v) is 11.2. The van der Waals surface area contributed by atoms with Gasteiger partial charge in [-0.3, -0.25) is 9.78 Å². The van der Waals surface area contributed by atoms with Gasteiger partial charge in [0, 0.05) is 51.7 Å². The van der Waals surface area contributed by atoms with Gasteiger partial charge in [-0.2, -0.15) is 4.31 Å². The van der Waals surface area contributed by atoms with Crippen molar-refractivity contribution in [1.29, 1.82) is 0 Å². The molecule has 0 N–H and O–H groups in total. The van der Waals surface area contributed by atoms with Crippen molar-refractivity contribution in [2.75, 3.05) is 39.3 Å². The second-order valence-electron chi connectivity index (χ2n) is 8.37. The summed E-state index contributed by atoms with van der Waals surface area (Å²) in [5, 5.41) is -0.589. The van der Waals surface area contributed by atoms with Crippen molar-refractivity contribution in [3.8, 4) is 0 Å². The Morgan fingerprint density at radius 3 is 2.34 bits per heavy atom. The van der Waals surface area contributed by atoms with E-state index in [1.54, 1.807) is 44.1 Å². The van der Waals surface area contributed by atoms with Crippen molar-refractivity contribution in [2.24, 2.45) is 0 Å². The SMILES string of the molecule is CC(C)(C)OC(=O)N1CCN(S(=O)(=O)C2CN(C(=O)Cc3cccnc3)C2)CC1. The molecule has 0 bridgehead atoms. The molecule has 3 heterocycles. The van der Waals surface area contributed by atoms with Crippen LogP contribution in [0.2, 0.25) is 0 Å². The summed E-state index contributed by atoms with van der Waals surface area (Å²) in [5.41, 5.74) is 0.222. The molecule has 2 aliphatic rings. The first-order valence-electron chi connectivity index (χ1n) is 9.70. The van der Waals surface area contributed by atoms with Crippen LogP contribution in [0.5, 0.6) is 0 Å². The number of rotatable bonds is 4. The van der Waals surface area contributed by atoms with Crippen molar-refractivity contribution in [3.63, 3.8) is 0 Å². The molecule has 0 spiro atoms. The number of ether oxygens (including phenoxy) is 1. The molecule has 0 unspecified atom stereocenters. The number of aromatic nitrogens is 1. The number of sulfonamides is 1. The summed E-state index contributed by atoms with van der Waals surface area (Å²) in [4.78, 5) is 31.5. The molecule has 0 atom stereocenters. The van der Waals surface area contributed by atoms with Gasteiger partial charge >= 0.3 is 6.09 Å². The molecule has 10 heteroatoms. The smallest absolute Gasteiger partial charge is 0.410 e. The van der Waals surface area contributed by atoms with Crippen LogP contribution in [-0.2, 0) is 26.0 Å². The predicted molar refractivity (Wildman–Crippen MR) is 107 cm³/mol. The van der Waals surface area contributed by atoms with Gasteiger partial charge in [-0.1, -0.05) is 6.07 Å². The first kappa shape index (κ1) is 21.5. The third-order valence-corrected chi connectivity index (χ3v) is 7.18. The molecule has 3 rings (SSSR count). The van der Waals surface area contributed by atoms with E-state index in [4.69, 9.17) is 4.74 Å². The lowest BCUT2D eigenvalue weighted by molar-refractivity contribution is -0.133. The maximum absolute atomic E-state index is 12.8. The minimum atomic E-state index is -3.50. The van der Waals surface area contributed by atoms with E-state index < -0.39 is 27.0 Å². The second-order valence-corrected chi connectivity index (χ2v) is 10.6. The number of carbonyl (C=O) groups excluding carboxylic acids is 2. The molecule has 29 heavy (non-hydrogen) atoms. The number of hydrogen-bond acceptors (Lipinski definition) is 6. The number of likely N-dealkylation sites (tertiary alicyclic amines) is 1. The summed E-state index contributed by atoms with van der Waals surface area (Å²) in [6, 6.07) is 3.59. The van der Waals surface area contributed by atoms with Crippen LogP contribution in [0.25, 0.3) is 0 Å². The molecule has 9 nitrogen and oxygen atoms in total. The molecule has 0 radical (unpaired) electrons. The highest BCUT2D eigenvalue weighted by Gasteiger charge is 2.43. The Labute approximate surface area is 171 Å². The van der Waals surface area contributed by atoms with Gasteiger partial charge < -0.3 is 14.5 Å². The molecule has 0 aliphatic carbocycles. The zero-order valence-corrected chi connectivity index (χ0v) is 17.9. The molecule has 0 saturated carbocycles. The minimum Gasteiger partial charge on any atom is -0.444 e. The van der Waals surface area contributed by atoms with Crippen LogP contribution in [0.4, 0.5) is 4.79 Å². The second kappa shape index (κ2) is 8.27. The van der Waals surface area contributed by atoms with Crippen LogP contribution in [0.1, 0.15) is 26.3 Å². The molecule has 1 aromatic heterocycles. The largest absolute Gasteiger partial charge is 0.444 e. The van der Waals surface area contributed by atoms with Crippen LogP contribution in [0.3, 0.4) is 0 Å².